The number of hydrogen-bond acceptors (Lipinski definition) is 3. The molecule has 13 heavy (non-hydrogen) atoms. The molecule has 0 spiro atoms. The highest BCUT2D eigenvalue weighted by Gasteiger charge is 2.22. The van der Waals surface area contributed by atoms with Crippen LogP contribution in [0.5, 0.6) is 0 Å². The summed E-state index contributed by atoms with van der Waals surface area (Å²) in [5.74, 6) is 4.23. The lowest BCUT2D eigenvalue weighted by molar-refractivity contribution is 0.0942. The number of benzene rings is 1. The number of nitrogens with two attached hydrogens (primary N) is 1. The highest BCUT2D eigenvalue weighted by molar-refractivity contribution is 6.16. The number of rotatable bonds is 1. The molecule has 5 nitrogen and oxygen atoms in total. The standard InChI is InChI=1S/C8H7N3O2/c9-11-8(13)5-2-1-4-3-6(5)7(12)10-4/h1-3H,9H2,(H,10,12)(H,11,13). The van der Waals surface area contributed by atoms with Crippen molar-refractivity contribution in [2.24, 2.45) is 5.84 Å². The Balaban J connectivity index is 2.53. The van der Waals surface area contributed by atoms with Crippen LogP contribution < -0.4 is 16.6 Å². The summed E-state index contributed by atoms with van der Waals surface area (Å²) in [5.41, 5.74) is 3.34. The first-order chi connectivity index (χ1) is 6.22. The minimum Gasteiger partial charge on any atom is -0.322 e. The van der Waals surface area contributed by atoms with Gasteiger partial charge in [0.15, 0.2) is 0 Å². The Bertz CT molecular complexity index is 400. The zero-order valence-corrected chi connectivity index (χ0v) is 6.63. The highest BCUT2D eigenvalue weighted by Crippen LogP contribution is 2.22. The van der Waals surface area contributed by atoms with Crippen LogP contribution in [0.25, 0.3) is 0 Å². The first-order valence-corrected chi connectivity index (χ1v) is 3.68. The van der Waals surface area contributed by atoms with Crippen molar-refractivity contribution >= 4 is 17.5 Å². The number of hydrazine groups is 1. The molecule has 0 aliphatic carbocycles. The number of anilines is 1. The monoisotopic (exact) mass is 177 g/mol. The zero-order valence-electron chi connectivity index (χ0n) is 6.63. The minimum absolute atomic E-state index is 0.265. The fourth-order valence-electron chi connectivity index (χ4n) is 1.28. The summed E-state index contributed by atoms with van der Waals surface area (Å²) >= 11 is 0. The Morgan fingerprint density at radius 1 is 1.46 bits per heavy atom. The SMILES string of the molecule is NNC(=O)c1ccc2cc1C(=O)N2. The van der Waals surface area contributed by atoms with E-state index >= 15 is 0 Å². The maximum Gasteiger partial charge on any atom is 0.265 e. The molecule has 2 bridgehead atoms. The number of amides is 2. The minimum atomic E-state index is -0.460. The van der Waals surface area contributed by atoms with Crippen molar-refractivity contribution in [3.05, 3.63) is 29.3 Å². The molecule has 1 aliphatic heterocycles. The molecule has 5 heteroatoms. The average molecular weight is 177 g/mol. The third-order valence-electron chi connectivity index (χ3n) is 1.90. The van der Waals surface area contributed by atoms with Crippen LogP contribution in [0.4, 0.5) is 5.69 Å². The van der Waals surface area contributed by atoms with Gasteiger partial charge in [0.1, 0.15) is 0 Å². The lowest BCUT2D eigenvalue weighted by Crippen LogP contribution is -2.31. The number of nitrogen functional groups attached to an aromatic ring is 1. The van der Waals surface area contributed by atoms with Gasteiger partial charge in [0.25, 0.3) is 11.8 Å². The molecule has 2 amide bonds. The fourth-order valence-corrected chi connectivity index (χ4v) is 1.28. The summed E-state index contributed by atoms with van der Waals surface area (Å²) in [6, 6.07) is 4.83. The molecule has 1 heterocycles. The van der Waals surface area contributed by atoms with Gasteiger partial charge < -0.3 is 5.32 Å². The van der Waals surface area contributed by atoms with E-state index in [0.717, 1.165) is 0 Å². The maximum absolute atomic E-state index is 11.2. The van der Waals surface area contributed by atoms with Crippen molar-refractivity contribution in [1.82, 2.24) is 5.43 Å². The number of hydrogen-bond donors (Lipinski definition) is 3. The van der Waals surface area contributed by atoms with Crippen LogP contribution in [0.1, 0.15) is 20.7 Å². The van der Waals surface area contributed by atoms with Crippen molar-refractivity contribution < 1.29 is 9.59 Å². The van der Waals surface area contributed by atoms with E-state index < -0.39 is 5.91 Å². The fraction of sp³-hybridized carbons (Fsp3) is 0. The number of nitrogens with one attached hydrogen (secondary N) is 2. The van der Waals surface area contributed by atoms with Gasteiger partial charge in [-0.15, -0.1) is 0 Å². The molecular formula is C8H7N3O2. The van der Waals surface area contributed by atoms with Gasteiger partial charge in [-0.1, -0.05) is 0 Å². The van der Waals surface area contributed by atoms with Crippen LogP contribution in [0.15, 0.2) is 18.2 Å². The second kappa shape index (κ2) is 2.56. The topological polar surface area (TPSA) is 84.2 Å². The molecule has 0 unspecified atom stereocenters. The second-order valence-electron chi connectivity index (χ2n) is 2.69. The van der Waals surface area contributed by atoms with Crippen molar-refractivity contribution in [3.8, 4) is 0 Å². The van der Waals surface area contributed by atoms with E-state index in [1.165, 1.54) is 0 Å². The summed E-state index contributed by atoms with van der Waals surface area (Å²) in [7, 11) is 0. The van der Waals surface area contributed by atoms with E-state index in [0.29, 0.717) is 16.8 Å². The van der Waals surface area contributed by atoms with Crippen molar-refractivity contribution in [3.63, 3.8) is 0 Å². The van der Waals surface area contributed by atoms with E-state index in [2.05, 4.69) is 5.32 Å². The average Bonchev–Trinajstić information content (AvgIpc) is 2.42. The molecule has 0 saturated heterocycles. The largest absolute Gasteiger partial charge is 0.322 e. The Morgan fingerprint density at radius 3 is 2.92 bits per heavy atom. The molecular weight excluding hydrogens is 170 g/mol. The molecule has 2 rings (SSSR count). The van der Waals surface area contributed by atoms with Gasteiger partial charge >= 0.3 is 0 Å². The molecule has 0 atom stereocenters. The molecule has 0 saturated carbocycles. The first kappa shape index (κ1) is 7.75. The first-order valence-electron chi connectivity index (χ1n) is 3.68. The summed E-state index contributed by atoms with van der Waals surface area (Å²) < 4.78 is 0. The zero-order chi connectivity index (χ0) is 9.42. The van der Waals surface area contributed by atoms with Gasteiger partial charge in [0.2, 0.25) is 0 Å². The number of carbonyl (C=O) groups excluding carboxylic acids is 2. The van der Waals surface area contributed by atoms with Gasteiger partial charge in [0, 0.05) is 5.69 Å². The quantitative estimate of drug-likeness (QED) is 0.317. The van der Waals surface area contributed by atoms with E-state index in [4.69, 9.17) is 5.84 Å². The van der Waals surface area contributed by atoms with Gasteiger partial charge in [-0.3, -0.25) is 15.0 Å². The van der Waals surface area contributed by atoms with Gasteiger partial charge in [-0.05, 0) is 18.2 Å². The van der Waals surface area contributed by atoms with Crippen molar-refractivity contribution in [1.29, 1.82) is 0 Å². The van der Waals surface area contributed by atoms with E-state index in [-0.39, 0.29) is 5.91 Å². The van der Waals surface area contributed by atoms with Crippen molar-refractivity contribution in [2.45, 2.75) is 0 Å². The summed E-state index contributed by atoms with van der Waals surface area (Å²) in [4.78, 5) is 22.4. The molecule has 1 aromatic carbocycles. The van der Waals surface area contributed by atoms with Crippen LogP contribution >= 0.6 is 0 Å². The summed E-state index contributed by atoms with van der Waals surface area (Å²) in [6.07, 6.45) is 0. The van der Waals surface area contributed by atoms with E-state index in [9.17, 15) is 9.59 Å². The Hall–Kier alpha value is -1.88. The van der Waals surface area contributed by atoms with Crippen LogP contribution in [-0.4, -0.2) is 11.8 Å². The van der Waals surface area contributed by atoms with Gasteiger partial charge in [-0.2, -0.15) is 0 Å². The van der Waals surface area contributed by atoms with E-state index in [1.54, 1.807) is 18.2 Å². The molecule has 1 aromatic rings. The van der Waals surface area contributed by atoms with Crippen LogP contribution in [-0.2, 0) is 0 Å². The molecule has 4 N–H and O–H groups in total. The van der Waals surface area contributed by atoms with Crippen molar-refractivity contribution in [2.75, 3.05) is 5.32 Å². The Kier molecular flexibility index (Phi) is 1.53. The Morgan fingerprint density at radius 2 is 2.23 bits per heavy atom. The van der Waals surface area contributed by atoms with Gasteiger partial charge in [-0.25, -0.2) is 5.84 Å². The lowest BCUT2D eigenvalue weighted by atomic mass is 10.1. The van der Waals surface area contributed by atoms with Crippen LogP contribution in [0, 0.1) is 0 Å². The number of fused-ring (bicyclic) bond motifs is 2. The molecule has 0 aromatic heterocycles. The smallest absolute Gasteiger partial charge is 0.265 e. The predicted molar refractivity (Wildman–Crippen MR) is 46.0 cm³/mol. The third kappa shape index (κ3) is 1.06. The summed E-state index contributed by atoms with van der Waals surface area (Å²) in [6.45, 7) is 0. The molecule has 1 aliphatic rings. The normalized spacial score (nSPS) is 12.5. The Labute approximate surface area is 73.9 Å². The molecule has 0 fully saturated rings. The van der Waals surface area contributed by atoms with Gasteiger partial charge in [0.05, 0.1) is 11.1 Å². The van der Waals surface area contributed by atoms with Crippen LogP contribution in [0.3, 0.4) is 0 Å². The second-order valence-corrected chi connectivity index (χ2v) is 2.69. The molecule has 66 valence electrons. The highest BCUT2D eigenvalue weighted by atomic mass is 16.2. The third-order valence-corrected chi connectivity index (χ3v) is 1.90. The predicted octanol–water partition coefficient (Wildman–Crippen LogP) is -0.144. The maximum atomic E-state index is 11.2. The lowest BCUT2D eigenvalue weighted by Gasteiger charge is -1.99. The number of carbonyl (C=O) groups is 2. The van der Waals surface area contributed by atoms with E-state index in [1.807, 2.05) is 5.43 Å². The summed E-state index contributed by atoms with van der Waals surface area (Å²) in [5, 5.41) is 2.58. The molecule has 0 radical (unpaired) electrons. The van der Waals surface area contributed by atoms with Crippen LogP contribution in [0.2, 0.25) is 0 Å².